The lowest BCUT2D eigenvalue weighted by Gasteiger charge is -2.19. The first-order valence-corrected chi connectivity index (χ1v) is 4.96. The molecule has 11 heavy (non-hydrogen) atoms. The van der Waals surface area contributed by atoms with Crippen molar-refractivity contribution in [1.82, 2.24) is 4.90 Å². The minimum absolute atomic E-state index is 0.246. The van der Waals surface area contributed by atoms with Crippen LogP contribution in [0.5, 0.6) is 0 Å². The molecule has 3 heteroatoms. The van der Waals surface area contributed by atoms with Gasteiger partial charge < -0.3 is 9.64 Å². The van der Waals surface area contributed by atoms with Gasteiger partial charge in [0.05, 0.1) is 6.61 Å². The van der Waals surface area contributed by atoms with Gasteiger partial charge in [-0.3, -0.25) is 0 Å². The van der Waals surface area contributed by atoms with E-state index in [1.54, 1.807) is 11.8 Å². The summed E-state index contributed by atoms with van der Waals surface area (Å²) >= 11 is 1.74. The second kappa shape index (κ2) is 3.07. The molecule has 1 heterocycles. The standard InChI is InChI=1S/C8H13NOS/c1-9-4-5-11-8(9)10-6-7-2-3-7/h4-5,7-8H,2-3,6H2,1H3. The van der Waals surface area contributed by atoms with Crippen molar-refractivity contribution >= 4 is 11.8 Å². The van der Waals surface area contributed by atoms with Gasteiger partial charge in [-0.05, 0) is 24.2 Å². The van der Waals surface area contributed by atoms with E-state index in [1.807, 2.05) is 7.05 Å². The molecule has 0 amide bonds. The van der Waals surface area contributed by atoms with Crippen LogP contribution in [0.25, 0.3) is 0 Å². The van der Waals surface area contributed by atoms with E-state index < -0.39 is 0 Å². The van der Waals surface area contributed by atoms with Crippen LogP contribution in [-0.4, -0.2) is 24.1 Å². The average molecular weight is 171 g/mol. The van der Waals surface area contributed by atoms with Crippen LogP contribution in [-0.2, 0) is 4.74 Å². The Morgan fingerprint density at radius 1 is 1.64 bits per heavy atom. The SMILES string of the molecule is CN1C=CSC1OCC1CC1. The number of nitrogens with zero attached hydrogens (tertiary/aromatic N) is 1. The molecule has 1 atom stereocenters. The Hall–Kier alpha value is -0.150. The van der Waals surface area contributed by atoms with E-state index in [9.17, 15) is 0 Å². The van der Waals surface area contributed by atoms with Crippen molar-refractivity contribution in [2.45, 2.75) is 18.4 Å². The Morgan fingerprint density at radius 2 is 2.45 bits per heavy atom. The number of hydrogen-bond acceptors (Lipinski definition) is 3. The minimum Gasteiger partial charge on any atom is -0.348 e. The molecule has 0 saturated heterocycles. The van der Waals surface area contributed by atoms with Crippen LogP contribution < -0.4 is 0 Å². The van der Waals surface area contributed by atoms with Gasteiger partial charge >= 0.3 is 0 Å². The van der Waals surface area contributed by atoms with E-state index in [4.69, 9.17) is 4.74 Å². The van der Waals surface area contributed by atoms with Crippen LogP contribution in [0.2, 0.25) is 0 Å². The van der Waals surface area contributed by atoms with E-state index in [0.29, 0.717) is 0 Å². The molecular weight excluding hydrogens is 158 g/mol. The van der Waals surface area contributed by atoms with Gasteiger partial charge in [0.15, 0.2) is 5.56 Å². The smallest absolute Gasteiger partial charge is 0.181 e. The number of ether oxygens (including phenoxy) is 1. The third-order valence-electron chi connectivity index (χ3n) is 1.99. The highest BCUT2D eigenvalue weighted by atomic mass is 32.2. The summed E-state index contributed by atoms with van der Waals surface area (Å²) in [5, 5.41) is 2.08. The Bertz CT molecular complexity index is 167. The Morgan fingerprint density at radius 3 is 3.00 bits per heavy atom. The molecule has 2 nitrogen and oxygen atoms in total. The van der Waals surface area contributed by atoms with Crippen molar-refractivity contribution < 1.29 is 4.74 Å². The second-order valence-corrected chi connectivity index (χ2v) is 4.12. The van der Waals surface area contributed by atoms with Crippen LogP contribution >= 0.6 is 11.8 Å². The molecule has 1 unspecified atom stereocenters. The molecule has 1 saturated carbocycles. The summed E-state index contributed by atoms with van der Waals surface area (Å²) in [6, 6.07) is 0. The topological polar surface area (TPSA) is 12.5 Å². The molecule has 1 aliphatic carbocycles. The van der Waals surface area contributed by atoms with E-state index in [0.717, 1.165) is 12.5 Å². The fourth-order valence-electron chi connectivity index (χ4n) is 1.02. The lowest BCUT2D eigenvalue weighted by molar-refractivity contribution is 0.0348. The van der Waals surface area contributed by atoms with Crippen molar-refractivity contribution in [2.24, 2.45) is 5.92 Å². The zero-order valence-electron chi connectivity index (χ0n) is 6.69. The van der Waals surface area contributed by atoms with Crippen molar-refractivity contribution in [1.29, 1.82) is 0 Å². The quantitative estimate of drug-likeness (QED) is 0.643. The summed E-state index contributed by atoms with van der Waals surface area (Å²) in [6.07, 6.45) is 4.80. The van der Waals surface area contributed by atoms with Crippen LogP contribution in [0, 0.1) is 5.92 Å². The predicted molar refractivity (Wildman–Crippen MR) is 47.0 cm³/mol. The molecule has 1 aliphatic heterocycles. The lowest BCUT2D eigenvalue weighted by Crippen LogP contribution is -2.23. The van der Waals surface area contributed by atoms with Gasteiger partial charge in [-0.15, -0.1) is 0 Å². The maximum Gasteiger partial charge on any atom is 0.181 e. The minimum atomic E-state index is 0.246. The van der Waals surface area contributed by atoms with Gasteiger partial charge in [0.2, 0.25) is 0 Å². The maximum atomic E-state index is 5.67. The molecule has 62 valence electrons. The van der Waals surface area contributed by atoms with Crippen molar-refractivity contribution in [2.75, 3.05) is 13.7 Å². The van der Waals surface area contributed by atoms with Gasteiger partial charge in [0.25, 0.3) is 0 Å². The number of hydrogen-bond donors (Lipinski definition) is 0. The first-order chi connectivity index (χ1) is 5.36. The van der Waals surface area contributed by atoms with Crippen molar-refractivity contribution in [3.8, 4) is 0 Å². The zero-order chi connectivity index (χ0) is 7.68. The molecule has 2 aliphatic rings. The van der Waals surface area contributed by atoms with E-state index >= 15 is 0 Å². The molecule has 0 aromatic carbocycles. The lowest BCUT2D eigenvalue weighted by atomic mass is 10.5. The molecule has 0 bridgehead atoms. The Kier molecular flexibility index (Phi) is 2.09. The molecule has 0 radical (unpaired) electrons. The fraction of sp³-hybridized carbons (Fsp3) is 0.750. The second-order valence-electron chi connectivity index (χ2n) is 3.17. The van der Waals surface area contributed by atoms with Crippen LogP contribution in [0.3, 0.4) is 0 Å². The van der Waals surface area contributed by atoms with Crippen molar-refractivity contribution in [3.63, 3.8) is 0 Å². The molecule has 0 aromatic heterocycles. The van der Waals surface area contributed by atoms with Gasteiger partial charge in [-0.1, -0.05) is 11.8 Å². The summed E-state index contributed by atoms with van der Waals surface area (Å²) in [7, 11) is 2.05. The normalized spacial score (nSPS) is 29.9. The monoisotopic (exact) mass is 171 g/mol. The average Bonchev–Trinajstić information content (AvgIpc) is 2.73. The third-order valence-corrected chi connectivity index (χ3v) is 2.98. The van der Waals surface area contributed by atoms with Gasteiger partial charge in [0.1, 0.15) is 0 Å². The summed E-state index contributed by atoms with van der Waals surface area (Å²) in [5.74, 6) is 0.865. The molecule has 0 N–H and O–H groups in total. The van der Waals surface area contributed by atoms with Crippen LogP contribution in [0.4, 0.5) is 0 Å². The highest BCUT2D eigenvalue weighted by Gasteiger charge is 2.25. The van der Waals surface area contributed by atoms with E-state index in [-0.39, 0.29) is 5.56 Å². The first kappa shape index (κ1) is 7.50. The van der Waals surface area contributed by atoms with E-state index in [2.05, 4.69) is 16.5 Å². The fourth-order valence-corrected chi connectivity index (χ4v) is 1.84. The largest absolute Gasteiger partial charge is 0.348 e. The number of rotatable bonds is 3. The summed E-state index contributed by atoms with van der Waals surface area (Å²) in [6.45, 7) is 0.948. The zero-order valence-corrected chi connectivity index (χ0v) is 7.51. The van der Waals surface area contributed by atoms with Gasteiger partial charge in [-0.25, -0.2) is 0 Å². The third kappa shape index (κ3) is 1.91. The van der Waals surface area contributed by atoms with Crippen LogP contribution in [0.1, 0.15) is 12.8 Å². The van der Waals surface area contributed by atoms with Crippen LogP contribution in [0.15, 0.2) is 11.6 Å². The molecular formula is C8H13NOS. The maximum absolute atomic E-state index is 5.67. The predicted octanol–water partition coefficient (Wildman–Crippen LogP) is 1.85. The van der Waals surface area contributed by atoms with Gasteiger partial charge in [0, 0.05) is 13.2 Å². The highest BCUT2D eigenvalue weighted by Crippen LogP contribution is 2.32. The summed E-state index contributed by atoms with van der Waals surface area (Å²) in [4.78, 5) is 2.10. The first-order valence-electron chi connectivity index (χ1n) is 4.02. The number of thioether (sulfide) groups is 1. The van der Waals surface area contributed by atoms with Gasteiger partial charge in [-0.2, -0.15) is 0 Å². The molecule has 2 rings (SSSR count). The Labute approximate surface area is 71.6 Å². The van der Waals surface area contributed by atoms with Crippen molar-refractivity contribution in [3.05, 3.63) is 11.6 Å². The highest BCUT2D eigenvalue weighted by molar-refractivity contribution is 8.02. The summed E-state index contributed by atoms with van der Waals surface area (Å²) < 4.78 is 5.67. The summed E-state index contributed by atoms with van der Waals surface area (Å²) in [5.41, 5.74) is 0.246. The molecule has 1 fully saturated rings. The van der Waals surface area contributed by atoms with E-state index in [1.165, 1.54) is 12.8 Å². The molecule has 0 aromatic rings. The molecule has 0 spiro atoms. The Balaban J connectivity index is 1.69.